The summed E-state index contributed by atoms with van der Waals surface area (Å²) in [7, 11) is 1.46. The van der Waals surface area contributed by atoms with Gasteiger partial charge < -0.3 is 25.7 Å². The van der Waals surface area contributed by atoms with Crippen molar-refractivity contribution in [1.82, 2.24) is 0 Å². The highest BCUT2D eigenvalue weighted by molar-refractivity contribution is 5.99. The van der Waals surface area contributed by atoms with E-state index in [2.05, 4.69) is 10.5 Å². The van der Waals surface area contributed by atoms with Gasteiger partial charge in [0.15, 0.2) is 5.84 Å². The molecular weight excluding hydrogens is 262 g/mol. The first-order valence-corrected chi connectivity index (χ1v) is 6.05. The van der Waals surface area contributed by atoms with E-state index in [9.17, 15) is 4.79 Å². The first-order valence-electron chi connectivity index (χ1n) is 6.05. The maximum atomic E-state index is 11.7. The van der Waals surface area contributed by atoms with Crippen LogP contribution in [0.3, 0.4) is 0 Å². The molecule has 0 aliphatic rings. The molecule has 0 fully saturated rings. The summed E-state index contributed by atoms with van der Waals surface area (Å²) >= 11 is 0. The van der Waals surface area contributed by atoms with Gasteiger partial charge in [-0.25, -0.2) is 0 Å². The Bertz CT molecular complexity index is 500. The van der Waals surface area contributed by atoms with Gasteiger partial charge in [-0.05, 0) is 32.0 Å². The lowest BCUT2D eigenvalue weighted by molar-refractivity contribution is -0.121. The molecule has 0 aromatic heterocycles. The zero-order chi connectivity index (χ0) is 15.1. The summed E-state index contributed by atoms with van der Waals surface area (Å²) in [5.74, 6) is 0.0878. The molecule has 0 radical (unpaired) electrons. The van der Waals surface area contributed by atoms with Gasteiger partial charge in [-0.2, -0.15) is 0 Å². The van der Waals surface area contributed by atoms with Crippen LogP contribution in [0.5, 0.6) is 5.75 Å². The average Bonchev–Trinajstić information content (AvgIpc) is 2.44. The van der Waals surface area contributed by atoms with Crippen LogP contribution in [0.2, 0.25) is 0 Å². The van der Waals surface area contributed by atoms with Gasteiger partial charge in [0.2, 0.25) is 5.91 Å². The molecular formula is C13H19N3O4. The van der Waals surface area contributed by atoms with Gasteiger partial charge in [0.25, 0.3) is 0 Å². The number of ether oxygens (including phenoxy) is 2. The van der Waals surface area contributed by atoms with Crippen LogP contribution < -0.4 is 15.8 Å². The maximum absolute atomic E-state index is 11.7. The summed E-state index contributed by atoms with van der Waals surface area (Å²) in [4.78, 5) is 11.7. The monoisotopic (exact) mass is 281 g/mol. The Morgan fingerprint density at radius 3 is 2.75 bits per heavy atom. The Hall–Kier alpha value is -2.28. The lowest BCUT2D eigenvalue weighted by atomic mass is 10.1. The van der Waals surface area contributed by atoms with E-state index >= 15 is 0 Å². The number of hydrogen-bond acceptors (Lipinski definition) is 5. The lowest BCUT2D eigenvalue weighted by Gasteiger charge is -2.12. The average molecular weight is 281 g/mol. The SMILES string of the molecule is COc1cc(/C(N)=N/O)ccc1NC(=O)COC(C)C. The Kier molecular flexibility index (Phi) is 5.79. The smallest absolute Gasteiger partial charge is 0.250 e. The number of rotatable bonds is 6. The minimum absolute atomic E-state index is 0.0226. The maximum Gasteiger partial charge on any atom is 0.250 e. The highest BCUT2D eigenvalue weighted by Gasteiger charge is 2.10. The van der Waals surface area contributed by atoms with E-state index < -0.39 is 0 Å². The van der Waals surface area contributed by atoms with Crippen LogP contribution in [0, 0.1) is 0 Å². The molecule has 4 N–H and O–H groups in total. The molecule has 0 aliphatic carbocycles. The van der Waals surface area contributed by atoms with Gasteiger partial charge >= 0.3 is 0 Å². The molecule has 1 aromatic carbocycles. The molecule has 0 atom stereocenters. The van der Waals surface area contributed by atoms with Gasteiger partial charge in [0.1, 0.15) is 12.4 Å². The highest BCUT2D eigenvalue weighted by atomic mass is 16.5. The lowest BCUT2D eigenvalue weighted by Crippen LogP contribution is -2.21. The fraction of sp³-hybridized carbons (Fsp3) is 0.385. The number of nitrogens with one attached hydrogen (secondary N) is 1. The van der Waals surface area contributed by atoms with Crippen molar-refractivity contribution in [2.75, 3.05) is 19.0 Å². The molecule has 110 valence electrons. The van der Waals surface area contributed by atoms with Crippen LogP contribution in [-0.4, -0.2) is 36.8 Å². The largest absolute Gasteiger partial charge is 0.495 e. The summed E-state index contributed by atoms with van der Waals surface area (Å²) in [6, 6.07) is 4.78. The van der Waals surface area contributed by atoms with Crippen molar-refractivity contribution in [1.29, 1.82) is 0 Å². The van der Waals surface area contributed by atoms with Crippen LogP contribution in [0.1, 0.15) is 19.4 Å². The number of hydrogen-bond donors (Lipinski definition) is 3. The van der Waals surface area contributed by atoms with E-state index in [-0.39, 0.29) is 24.5 Å². The van der Waals surface area contributed by atoms with E-state index in [1.54, 1.807) is 18.2 Å². The molecule has 0 aliphatic heterocycles. The number of benzene rings is 1. The van der Waals surface area contributed by atoms with Crippen LogP contribution in [0.4, 0.5) is 5.69 Å². The van der Waals surface area contributed by atoms with E-state index in [4.69, 9.17) is 20.4 Å². The van der Waals surface area contributed by atoms with Crippen molar-refractivity contribution in [3.63, 3.8) is 0 Å². The Morgan fingerprint density at radius 1 is 1.50 bits per heavy atom. The molecule has 20 heavy (non-hydrogen) atoms. The number of carbonyl (C=O) groups excluding carboxylic acids is 1. The van der Waals surface area contributed by atoms with Gasteiger partial charge in [-0.15, -0.1) is 0 Å². The Morgan fingerprint density at radius 2 is 2.20 bits per heavy atom. The zero-order valence-corrected chi connectivity index (χ0v) is 11.7. The van der Waals surface area contributed by atoms with Crippen LogP contribution in [0.15, 0.2) is 23.4 Å². The normalized spacial score (nSPS) is 11.5. The summed E-state index contributed by atoms with van der Waals surface area (Å²) in [5, 5.41) is 14.2. The predicted octanol–water partition coefficient (Wildman–Crippen LogP) is 1.15. The van der Waals surface area contributed by atoms with E-state index in [1.165, 1.54) is 7.11 Å². The number of anilines is 1. The predicted molar refractivity (Wildman–Crippen MR) is 75.2 cm³/mol. The van der Waals surface area contributed by atoms with Crippen LogP contribution in [0.25, 0.3) is 0 Å². The third kappa shape index (κ3) is 4.43. The second kappa shape index (κ2) is 7.34. The minimum atomic E-state index is -0.284. The fourth-order valence-electron chi connectivity index (χ4n) is 1.44. The van der Waals surface area contributed by atoms with Crippen LogP contribution >= 0.6 is 0 Å². The summed E-state index contributed by atoms with van der Waals surface area (Å²) < 4.78 is 10.4. The number of oxime groups is 1. The molecule has 7 nitrogen and oxygen atoms in total. The summed E-state index contributed by atoms with van der Waals surface area (Å²) in [6.07, 6.45) is -0.0226. The van der Waals surface area contributed by atoms with Gasteiger partial charge in [-0.3, -0.25) is 4.79 Å². The standard InChI is InChI=1S/C13H19N3O4/c1-8(2)20-7-12(17)15-10-5-4-9(13(14)16-18)6-11(10)19-3/h4-6,8,18H,7H2,1-3H3,(H2,14,16)(H,15,17). The van der Waals surface area contributed by atoms with Crippen molar-refractivity contribution < 1.29 is 19.5 Å². The van der Waals surface area contributed by atoms with Crippen molar-refractivity contribution in [2.45, 2.75) is 20.0 Å². The number of amidine groups is 1. The van der Waals surface area contributed by atoms with Gasteiger partial charge in [0, 0.05) is 5.56 Å². The van der Waals surface area contributed by atoms with Crippen molar-refractivity contribution in [3.8, 4) is 5.75 Å². The highest BCUT2D eigenvalue weighted by Crippen LogP contribution is 2.25. The van der Waals surface area contributed by atoms with E-state index in [0.717, 1.165) is 0 Å². The van der Waals surface area contributed by atoms with E-state index in [1.807, 2.05) is 13.8 Å². The third-order valence-electron chi connectivity index (χ3n) is 2.43. The van der Waals surface area contributed by atoms with Crippen molar-refractivity contribution in [3.05, 3.63) is 23.8 Å². The summed E-state index contributed by atoms with van der Waals surface area (Å²) in [5.41, 5.74) is 6.46. The van der Waals surface area contributed by atoms with E-state index in [0.29, 0.717) is 17.0 Å². The number of nitrogens with two attached hydrogens (primary N) is 1. The fourth-order valence-corrected chi connectivity index (χ4v) is 1.44. The molecule has 1 aromatic rings. The first kappa shape index (κ1) is 15.8. The molecule has 7 heteroatoms. The molecule has 0 bridgehead atoms. The van der Waals surface area contributed by atoms with Crippen molar-refractivity contribution in [2.24, 2.45) is 10.9 Å². The molecule has 1 amide bonds. The zero-order valence-electron chi connectivity index (χ0n) is 11.7. The number of nitrogens with zero attached hydrogens (tertiary/aromatic N) is 1. The molecule has 0 saturated heterocycles. The molecule has 1 rings (SSSR count). The molecule has 0 unspecified atom stereocenters. The summed E-state index contributed by atoms with van der Waals surface area (Å²) in [6.45, 7) is 3.65. The minimum Gasteiger partial charge on any atom is -0.495 e. The van der Waals surface area contributed by atoms with Crippen LogP contribution in [-0.2, 0) is 9.53 Å². The third-order valence-corrected chi connectivity index (χ3v) is 2.43. The van der Waals surface area contributed by atoms with Crippen molar-refractivity contribution >= 4 is 17.4 Å². The van der Waals surface area contributed by atoms with Gasteiger partial charge in [-0.1, -0.05) is 5.16 Å². The molecule has 0 saturated carbocycles. The second-order valence-corrected chi connectivity index (χ2v) is 4.31. The Labute approximate surface area is 117 Å². The number of amides is 1. The molecule has 0 heterocycles. The topological polar surface area (TPSA) is 106 Å². The quantitative estimate of drug-likeness (QED) is 0.314. The number of methoxy groups -OCH3 is 1. The molecule has 0 spiro atoms. The van der Waals surface area contributed by atoms with Gasteiger partial charge in [0.05, 0.1) is 18.9 Å². The second-order valence-electron chi connectivity index (χ2n) is 4.31. The number of carbonyl (C=O) groups is 1. The first-order chi connectivity index (χ1) is 9.47. The Balaban J connectivity index is 2.83.